The second kappa shape index (κ2) is 8.76. The number of nitrogens with one attached hydrogen (secondary N) is 1. The number of carbonyl (C=O) groups excluding carboxylic acids is 3. The molecule has 0 fully saturated rings. The molecule has 1 aromatic carbocycles. The average Bonchev–Trinajstić information content (AvgIpc) is 2.99. The van der Waals surface area contributed by atoms with Gasteiger partial charge in [0.15, 0.2) is 6.10 Å². The monoisotopic (exact) mass is 417 g/mol. The minimum Gasteiger partial charge on any atom is -0.465 e. The van der Waals surface area contributed by atoms with Gasteiger partial charge in [-0.3, -0.25) is 14.9 Å². The third-order valence-electron chi connectivity index (χ3n) is 4.62. The first-order valence-electron chi connectivity index (χ1n) is 8.98. The molecule has 10 heteroatoms. The van der Waals surface area contributed by atoms with Gasteiger partial charge in [0.25, 0.3) is 5.69 Å². The highest BCUT2D eigenvalue weighted by molar-refractivity contribution is 6.04. The predicted molar refractivity (Wildman–Crippen MR) is 108 cm³/mol. The summed E-state index contributed by atoms with van der Waals surface area (Å²) >= 11 is 0. The molecule has 2 rings (SSSR count). The molecule has 2 aromatic rings. The van der Waals surface area contributed by atoms with E-state index in [1.165, 1.54) is 26.2 Å². The third-order valence-corrected chi connectivity index (χ3v) is 4.62. The molecule has 0 aliphatic carbocycles. The first-order chi connectivity index (χ1) is 14.0. The predicted octanol–water partition coefficient (Wildman–Crippen LogP) is 2.82. The van der Waals surface area contributed by atoms with Crippen LogP contribution >= 0.6 is 0 Å². The molecule has 30 heavy (non-hydrogen) atoms. The lowest BCUT2D eigenvalue weighted by Gasteiger charge is -2.15. The molecule has 0 aliphatic rings. The Hall–Kier alpha value is -3.69. The molecule has 0 unspecified atom stereocenters. The summed E-state index contributed by atoms with van der Waals surface area (Å²) in [4.78, 5) is 52.2. The molecule has 0 aliphatic heterocycles. The molecular weight excluding hydrogens is 394 g/mol. The number of aromatic nitrogens is 1. The van der Waals surface area contributed by atoms with Gasteiger partial charge in [-0.05, 0) is 38.5 Å². The van der Waals surface area contributed by atoms with Crippen molar-refractivity contribution in [1.82, 2.24) is 4.98 Å². The number of methoxy groups -OCH3 is 1. The summed E-state index contributed by atoms with van der Waals surface area (Å²) < 4.78 is 9.93. The van der Waals surface area contributed by atoms with Crippen molar-refractivity contribution in [3.05, 3.63) is 56.4 Å². The molecule has 10 nitrogen and oxygen atoms in total. The molecule has 0 spiro atoms. The van der Waals surface area contributed by atoms with Crippen molar-refractivity contribution in [1.29, 1.82) is 0 Å². The number of hydrogen-bond acceptors (Lipinski definition) is 8. The molecule has 0 saturated heterocycles. The standard InChI is InChI=1S/C20H23N3O7/c1-10-16(20(26)29-6)11(2)21-17(10)18(24)12(3)30-19(25)13-7-8-14(22(4)5)15(9-13)23(27)28/h7-9,12,21H,1-6H3/t12-/m0/s1. The number of H-pyrrole nitrogens is 1. The fourth-order valence-corrected chi connectivity index (χ4v) is 3.06. The van der Waals surface area contributed by atoms with Crippen LogP contribution in [0.15, 0.2) is 18.2 Å². The molecule has 0 radical (unpaired) electrons. The zero-order valence-electron chi connectivity index (χ0n) is 17.6. The van der Waals surface area contributed by atoms with Gasteiger partial charge in [-0.15, -0.1) is 0 Å². The largest absolute Gasteiger partial charge is 0.465 e. The van der Waals surface area contributed by atoms with Gasteiger partial charge in [-0.2, -0.15) is 0 Å². The number of aryl methyl sites for hydroxylation is 1. The molecular formula is C20H23N3O7. The second-order valence-electron chi connectivity index (χ2n) is 6.88. The van der Waals surface area contributed by atoms with Crippen LogP contribution in [-0.2, 0) is 9.47 Å². The van der Waals surface area contributed by atoms with Crippen LogP contribution in [0.3, 0.4) is 0 Å². The SMILES string of the molecule is COC(=O)c1c(C)[nH]c(C(=O)[C@H](C)OC(=O)c2ccc(N(C)C)c([N+](=O)[O-])c2)c1C. The summed E-state index contributed by atoms with van der Waals surface area (Å²) in [6, 6.07) is 3.93. The maximum atomic E-state index is 12.8. The van der Waals surface area contributed by atoms with Gasteiger partial charge < -0.3 is 19.4 Å². The van der Waals surface area contributed by atoms with E-state index in [9.17, 15) is 24.5 Å². The van der Waals surface area contributed by atoms with E-state index in [2.05, 4.69) is 4.98 Å². The van der Waals surface area contributed by atoms with Crippen molar-refractivity contribution >= 4 is 29.1 Å². The third kappa shape index (κ3) is 4.32. The number of nitro groups is 1. The Kier molecular flexibility index (Phi) is 6.60. The molecule has 160 valence electrons. The lowest BCUT2D eigenvalue weighted by Crippen LogP contribution is -2.25. The molecule has 1 aromatic heterocycles. The first kappa shape index (κ1) is 22.6. The second-order valence-corrected chi connectivity index (χ2v) is 6.88. The number of Topliss-reactive ketones (excluding diaryl/α,β-unsaturated/α-hetero) is 1. The molecule has 0 saturated carbocycles. The minimum absolute atomic E-state index is 0.0541. The number of esters is 2. The van der Waals surface area contributed by atoms with Gasteiger partial charge >= 0.3 is 11.9 Å². The zero-order chi connectivity index (χ0) is 22.7. The van der Waals surface area contributed by atoms with Crippen molar-refractivity contribution in [2.75, 3.05) is 26.1 Å². The summed E-state index contributed by atoms with van der Waals surface area (Å²) in [7, 11) is 4.52. The van der Waals surface area contributed by atoms with E-state index >= 15 is 0 Å². The number of nitro benzene ring substituents is 1. The quantitative estimate of drug-likeness (QED) is 0.315. The van der Waals surface area contributed by atoms with Crippen molar-refractivity contribution in [2.45, 2.75) is 26.9 Å². The smallest absolute Gasteiger partial charge is 0.339 e. The summed E-state index contributed by atoms with van der Waals surface area (Å²) in [5.74, 6) is -2.00. The van der Waals surface area contributed by atoms with Crippen molar-refractivity contribution < 1.29 is 28.8 Å². The summed E-state index contributed by atoms with van der Waals surface area (Å²) in [5.41, 5.74) is 1.23. The van der Waals surface area contributed by atoms with E-state index < -0.39 is 28.7 Å². The number of carbonyl (C=O) groups is 3. The zero-order valence-corrected chi connectivity index (χ0v) is 17.6. The first-order valence-corrected chi connectivity index (χ1v) is 8.98. The molecule has 1 heterocycles. The summed E-state index contributed by atoms with van der Waals surface area (Å²) in [6.45, 7) is 4.59. The Morgan fingerprint density at radius 2 is 1.80 bits per heavy atom. The lowest BCUT2D eigenvalue weighted by atomic mass is 10.1. The van der Waals surface area contributed by atoms with Crippen LogP contribution < -0.4 is 4.90 Å². The maximum Gasteiger partial charge on any atom is 0.339 e. The number of ketones is 1. The van der Waals surface area contributed by atoms with Crippen LogP contribution in [0, 0.1) is 24.0 Å². The highest BCUT2D eigenvalue weighted by Crippen LogP contribution is 2.28. The number of rotatable bonds is 7. The normalized spacial score (nSPS) is 11.5. The van der Waals surface area contributed by atoms with Crippen molar-refractivity contribution in [2.24, 2.45) is 0 Å². The molecule has 0 amide bonds. The van der Waals surface area contributed by atoms with E-state index in [0.29, 0.717) is 16.9 Å². The topological polar surface area (TPSA) is 132 Å². The van der Waals surface area contributed by atoms with E-state index in [4.69, 9.17) is 9.47 Å². The summed E-state index contributed by atoms with van der Waals surface area (Å²) in [5, 5.41) is 11.3. The van der Waals surface area contributed by atoms with Crippen molar-refractivity contribution in [3.63, 3.8) is 0 Å². The Morgan fingerprint density at radius 1 is 1.17 bits per heavy atom. The Morgan fingerprint density at radius 3 is 2.33 bits per heavy atom. The fraction of sp³-hybridized carbons (Fsp3) is 0.350. The van der Waals surface area contributed by atoms with Gasteiger partial charge in [0.2, 0.25) is 5.78 Å². The van der Waals surface area contributed by atoms with Crippen LogP contribution in [0.2, 0.25) is 0 Å². The van der Waals surface area contributed by atoms with E-state index in [-0.39, 0.29) is 22.5 Å². The number of anilines is 1. The minimum atomic E-state index is -1.19. The Labute approximate surface area is 172 Å². The van der Waals surface area contributed by atoms with Gasteiger partial charge in [0.1, 0.15) is 5.69 Å². The number of hydrogen-bond donors (Lipinski definition) is 1. The highest BCUT2D eigenvalue weighted by atomic mass is 16.6. The van der Waals surface area contributed by atoms with E-state index in [1.54, 1.807) is 32.8 Å². The van der Waals surface area contributed by atoms with Crippen LogP contribution in [-0.4, -0.2) is 54.9 Å². The highest BCUT2D eigenvalue weighted by Gasteiger charge is 2.28. The molecule has 1 atom stereocenters. The van der Waals surface area contributed by atoms with Gasteiger partial charge in [0, 0.05) is 25.9 Å². The van der Waals surface area contributed by atoms with Crippen molar-refractivity contribution in [3.8, 4) is 0 Å². The van der Waals surface area contributed by atoms with Crippen LogP contribution in [0.4, 0.5) is 11.4 Å². The number of ether oxygens (including phenoxy) is 2. The maximum absolute atomic E-state index is 12.8. The Balaban J connectivity index is 2.26. The van der Waals surface area contributed by atoms with Crippen LogP contribution in [0.25, 0.3) is 0 Å². The van der Waals surface area contributed by atoms with E-state index in [0.717, 1.165) is 6.07 Å². The van der Waals surface area contributed by atoms with Gasteiger partial charge in [-0.25, -0.2) is 9.59 Å². The van der Waals surface area contributed by atoms with E-state index in [1.807, 2.05) is 0 Å². The number of benzene rings is 1. The lowest BCUT2D eigenvalue weighted by molar-refractivity contribution is -0.384. The molecule has 1 N–H and O–H groups in total. The summed E-state index contributed by atoms with van der Waals surface area (Å²) in [6.07, 6.45) is -1.19. The van der Waals surface area contributed by atoms with Crippen LogP contribution in [0.5, 0.6) is 0 Å². The fourth-order valence-electron chi connectivity index (χ4n) is 3.06. The van der Waals surface area contributed by atoms with Gasteiger partial charge in [-0.1, -0.05) is 0 Å². The van der Waals surface area contributed by atoms with Crippen LogP contribution in [0.1, 0.15) is 49.4 Å². The Bertz CT molecular complexity index is 1020. The average molecular weight is 417 g/mol. The van der Waals surface area contributed by atoms with Gasteiger partial charge in [0.05, 0.1) is 28.9 Å². The number of nitrogens with zero attached hydrogens (tertiary/aromatic N) is 2. The number of aromatic amines is 1. The molecule has 0 bridgehead atoms.